The second-order valence-electron chi connectivity index (χ2n) is 3.90. The van der Waals surface area contributed by atoms with E-state index in [1.807, 2.05) is 25.1 Å². The van der Waals surface area contributed by atoms with Gasteiger partial charge in [-0.3, -0.25) is 0 Å². The lowest BCUT2D eigenvalue weighted by Crippen LogP contribution is -2.20. The molecule has 14 heavy (non-hydrogen) atoms. The maximum atomic E-state index is 9.29. The summed E-state index contributed by atoms with van der Waals surface area (Å²) in [6, 6.07) is 6.21. The molecule has 1 aromatic carbocycles. The van der Waals surface area contributed by atoms with Crippen LogP contribution in [0.4, 0.5) is 5.69 Å². The molecule has 0 radical (unpaired) electrons. The summed E-state index contributed by atoms with van der Waals surface area (Å²) in [5.74, 6) is 0. The van der Waals surface area contributed by atoms with Gasteiger partial charge in [-0.25, -0.2) is 0 Å². The Morgan fingerprint density at radius 2 is 2.43 bits per heavy atom. The number of hydrogen-bond acceptors (Lipinski definition) is 2. The van der Waals surface area contributed by atoms with Gasteiger partial charge in [0.05, 0.1) is 6.10 Å². The van der Waals surface area contributed by atoms with Crippen molar-refractivity contribution in [3.05, 3.63) is 28.8 Å². The molecule has 0 aromatic heterocycles. The molecule has 0 amide bonds. The lowest BCUT2D eigenvalue weighted by Gasteiger charge is -2.12. The van der Waals surface area contributed by atoms with Gasteiger partial charge >= 0.3 is 0 Å². The predicted octanol–water partition coefficient (Wildman–Crippen LogP) is 2.45. The lowest BCUT2D eigenvalue weighted by atomic mass is 10.1. The molecule has 3 heteroatoms. The molecule has 0 spiro atoms. The van der Waals surface area contributed by atoms with Gasteiger partial charge in [-0.2, -0.15) is 0 Å². The van der Waals surface area contributed by atoms with Crippen LogP contribution in [0.25, 0.3) is 0 Å². The first-order valence-electron chi connectivity index (χ1n) is 4.89. The number of aliphatic hydroxyl groups is 1. The van der Waals surface area contributed by atoms with Crippen LogP contribution in [-0.4, -0.2) is 17.3 Å². The molecule has 2 N–H and O–H groups in total. The van der Waals surface area contributed by atoms with E-state index >= 15 is 0 Å². The zero-order chi connectivity index (χ0) is 10.1. The van der Waals surface area contributed by atoms with E-state index < -0.39 is 0 Å². The van der Waals surface area contributed by atoms with Gasteiger partial charge in [-0.1, -0.05) is 17.7 Å². The van der Waals surface area contributed by atoms with Gasteiger partial charge < -0.3 is 10.4 Å². The van der Waals surface area contributed by atoms with E-state index in [9.17, 15) is 5.11 Å². The van der Waals surface area contributed by atoms with Crippen LogP contribution >= 0.6 is 11.6 Å². The van der Waals surface area contributed by atoms with E-state index in [4.69, 9.17) is 11.6 Å². The SMILES string of the molecule is CC(O)CC1Cc2c(Cl)cccc2N1. The highest BCUT2D eigenvalue weighted by Gasteiger charge is 2.23. The molecule has 1 aliphatic rings. The van der Waals surface area contributed by atoms with Gasteiger partial charge in [0, 0.05) is 16.8 Å². The predicted molar refractivity (Wildman–Crippen MR) is 58.9 cm³/mol. The number of halogens is 1. The van der Waals surface area contributed by atoms with Gasteiger partial charge in [0.15, 0.2) is 0 Å². The summed E-state index contributed by atoms with van der Waals surface area (Å²) in [5, 5.41) is 13.5. The zero-order valence-electron chi connectivity index (χ0n) is 8.13. The lowest BCUT2D eigenvalue weighted by molar-refractivity contribution is 0.178. The summed E-state index contributed by atoms with van der Waals surface area (Å²) < 4.78 is 0. The summed E-state index contributed by atoms with van der Waals surface area (Å²) in [4.78, 5) is 0. The van der Waals surface area contributed by atoms with Crippen LogP contribution in [-0.2, 0) is 6.42 Å². The van der Waals surface area contributed by atoms with E-state index in [0.717, 1.165) is 23.6 Å². The molecule has 1 heterocycles. The van der Waals surface area contributed by atoms with Crippen molar-refractivity contribution in [3.63, 3.8) is 0 Å². The molecule has 0 aliphatic carbocycles. The molecule has 0 bridgehead atoms. The Kier molecular flexibility index (Phi) is 2.66. The minimum absolute atomic E-state index is 0.263. The number of anilines is 1. The van der Waals surface area contributed by atoms with Crippen molar-refractivity contribution in [1.29, 1.82) is 0 Å². The number of fused-ring (bicyclic) bond motifs is 1. The van der Waals surface area contributed by atoms with E-state index in [1.165, 1.54) is 5.56 Å². The Balaban J connectivity index is 2.14. The maximum Gasteiger partial charge on any atom is 0.0531 e. The zero-order valence-corrected chi connectivity index (χ0v) is 8.88. The first kappa shape index (κ1) is 9.81. The number of aliphatic hydroxyl groups excluding tert-OH is 1. The highest BCUT2D eigenvalue weighted by molar-refractivity contribution is 6.31. The van der Waals surface area contributed by atoms with Crippen molar-refractivity contribution < 1.29 is 5.11 Å². The molecule has 1 aliphatic heterocycles. The van der Waals surface area contributed by atoms with Gasteiger partial charge in [0.25, 0.3) is 0 Å². The van der Waals surface area contributed by atoms with Crippen molar-refractivity contribution in [2.24, 2.45) is 0 Å². The second-order valence-corrected chi connectivity index (χ2v) is 4.30. The molecule has 1 aromatic rings. The summed E-state index contributed by atoms with van der Waals surface area (Å²) in [6.45, 7) is 1.81. The Morgan fingerprint density at radius 3 is 3.07 bits per heavy atom. The molecule has 2 unspecified atom stereocenters. The normalized spacial score (nSPS) is 21.5. The fourth-order valence-electron chi connectivity index (χ4n) is 1.97. The third-order valence-electron chi connectivity index (χ3n) is 2.55. The summed E-state index contributed by atoms with van der Waals surface area (Å²) in [7, 11) is 0. The number of benzene rings is 1. The minimum atomic E-state index is -0.263. The van der Waals surface area contributed by atoms with Crippen molar-refractivity contribution in [3.8, 4) is 0 Å². The summed E-state index contributed by atoms with van der Waals surface area (Å²) >= 11 is 6.07. The largest absolute Gasteiger partial charge is 0.393 e. The number of rotatable bonds is 2. The highest BCUT2D eigenvalue weighted by Crippen LogP contribution is 2.32. The monoisotopic (exact) mass is 211 g/mol. The molecule has 2 nitrogen and oxygen atoms in total. The summed E-state index contributed by atoms with van der Waals surface area (Å²) in [6.07, 6.45) is 1.42. The van der Waals surface area contributed by atoms with E-state index in [0.29, 0.717) is 6.04 Å². The highest BCUT2D eigenvalue weighted by atomic mass is 35.5. The van der Waals surface area contributed by atoms with Crippen LogP contribution in [0.5, 0.6) is 0 Å². The molecule has 0 fully saturated rings. The fourth-order valence-corrected chi connectivity index (χ4v) is 2.22. The molecule has 2 atom stereocenters. The van der Waals surface area contributed by atoms with Gasteiger partial charge in [0.2, 0.25) is 0 Å². The molecular formula is C11H14ClNO. The number of hydrogen-bond donors (Lipinski definition) is 2. The first-order valence-corrected chi connectivity index (χ1v) is 5.26. The van der Waals surface area contributed by atoms with Crippen molar-refractivity contribution >= 4 is 17.3 Å². The quantitative estimate of drug-likeness (QED) is 0.788. The topological polar surface area (TPSA) is 32.3 Å². The minimum Gasteiger partial charge on any atom is -0.393 e. The molecular weight excluding hydrogens is 198 g/mol. The third kappa shape index (κ3) is 1.86. The van der Waals surface area contributed by atoms with Crippen molar-refractivity contribution in [2.45, 2.75) is 31.9 Å². The van der Waals surface area contributed by atoms with E-state index in [-0.39, 0.29) is 6.10 Å². The van der Waals surface area contributed by atoms with Gasteiger partial charge in [-0.05, 0) is 37.5 Å². The second kappa shape index (κ2) is 3.79. The van der Waals surface area contributed by atoms with Crippen LogP contribution in [0.15, 0.2) is 18.2 Å². The molecule has 0 saturated heterocycles. The average Bonchev–Trinajstić information content (AvgIpc) is 2.47. The Labute approximate surface area is 88.9 Å². The standard InChI is InChI=1S/C11H14ClNO/c1-7(14)5-8-6-9-10(12)3-2-4-11(9)13-8/h2-4,7-8,13-14H,5-6H2,1H3. The van der Waals surface area contributed by atoms with Gasteiger partial charge in [0.1, 0.15) is 0 Å². The molecule has 76 valence electrons. The summed E-state index contributed by atoms with van der Waals surface area (Å²) in [5.41, 5.74) is 2.29. The Bertz CT molecular complexity index is 338. The van der Waals surface area contributed by atoms with Crippen LogP contribution in [0.2, 0.25) is 5.02 Å². The van der Waals surface area contributed by atoms with Crippen LogP contribution in [0.3, 0.4) is 0 Å². The molecule has 0 saturated carbocycles. The molecule has 2 rings (SSSR count). The Hall–Kier alpha value is -0.730. The van der Waals surface area contributed by atoms with Gasteiger partial charge in [-0.15, -0.1) is 0 Å². The Morgan fingerprint density at radius 1 is 1.64 bits per heavy atom. The van der Waals surface area contributed by atoms with E-state index in [2.05, 4.69) is 5.32 Å². The van der Waals surface area contributed by atoms with Crippen LogP contribution in [0, 0.1) is 0 Å². The third-order valence-corrected chi connectivity index (χ3v) is 2.91. The fraction of sp³-hybridized carbons (Fsp3) is 0.455. The van der Waals surface area contributed by atoms with Crippen molar-refractivity contribution in [1.82, 2.24) is 0 Å². The van der Waals surface area contributed by atoms with Crippen LogP contribution < -0.4 is 5.32 Å². The average molecular weight is 212 g/mol. The first-order chi connectivity index (χ1) is 6.66. The number of nitrogens with one attached hydrogen (secondary N) is 1. The maximum absolute atomic E-state index is 9.29. The van der Waals surface area contributed by atoms with E-state index in [1.54, 1.807) is 0 Å². The smallest absolute Gasteiger partial charge is 0.0531 e. The van der Waals surface area contributed by atoms with Crippen molar-refractivity contribution in [2.75, 3.05) is 5.32 Å². The van der Waals surface area contributed by atoms with Crippen LogP contribution in [0.1, 0.15) is 18.9 Å².